The van der Waals surface area contributed by atoms with Gasteiger partial charge in [-0.15, -0.1) is 0 Å². The van der Waals surface area contributed by atoms with Gasteiger partial charge in [-0.1, -0.05) is 0 Å². The standard InChI is InChI=1S/C14H21NO4S/c1-9(2)15(13(18)19-14(3,4)5)11(12(16)17)10-6-7-20-8-10/h6-9,11H,1-5H3,(H,16,17). The highest BCUT2D eigenvalue weighted by molar-refractivity contribution is 7.08. The third kappa shape index (κ3) is 4.23. The Morgan fingerprint density at radius 2 is 1.95 bits per heavy atom. The molecular formula is C14H21NO4S. The normalized spacial score (nSPS) is 13.1. The molecule has 1 N–H and O–H groups in total. The van der Waals surface area contributed by atoms with E-state index in [1.165, 1.54) is 16.2 Å². The van der Waals surface area contributed by atoms with E-state index in [-0.39, 0.29) is 6.04 Å². The van der Waals surface area contributed by atoms with Gasteiger partial charge in [0.25, 0.3) is 0 Å². The van der Waals surface area contributed by atoms with Gasteiger partial charge < -0.3 is 9.84 Å². The molecule has 0 fully saturated rings. The Balaban J connectivity index is 3.10. The maximum atomic E-state index is 12.3. The van der Waals surface area contributed by atoms with Crippen LogP contribution in [0.3, 0.4) is 0 Å². The Morgan fingerprint density at radius 1 is 1.35 bits per heavy atom. The van der Waals surface area contributed by atoms with Crippen LogP contribution in [0.4, 0.5) is 4.79 Å². The molecular weight excluding hydrogens is 278 g/mol. The molecule has 6 heteroatoms. The van der Waals surface area contributed by atoms with Gasteiger partial charge in [0.15, 0.2) is 6.04 Å². The minimum absolute atomic E-state index is 0.286. The fourth-order valence-electron chi connectivity index (χ4n) is 1.78. The van der Waals surface area contributed by atoms with Crippen molar-refractivity contribution in [3.05, 3.63) is 22.4 Å². The first-order chi connectivity index (χ1) is 9.13. The van der Waals surface area contributed by atoms with Crippen LogP contribution in [0.2, 0.25) is 0 Å². The summed E-state index contributed by atoms with van der Waals surface area (Å²) in [4.78, 5) is 25.1. The summed E-state index contributed by atoms with van der Waals surface area (Å²) in [6, 6.07) is 0.394. The SMILES string of the molecule is CC(C)N(C(=O)OC(C)(C)C)C(C(=O)O)c1ccsc1. The van der Waals surface area contributed by atoms with E-state index in [0.717, 1.165) is 0 Å². The molecule has 0 aliphatic rings. The Bertz CT molecular complexity index is 462. The van der Waals surface area contributed by atoms with Crippen molar-refractivity contribution >= 4 is 23.4 Å². The van der Waals surface area contributed by atoms with E-state index < -0.39 is 23.7 Å². The number of hydrogen-bond acceptors (Lipinski definition) is 4. The molecule has 112 valence electrons. The molecule has 0 bridgehead atoms. The number of carbonyl (C=O) groups is 2. The molecule has 0 spiro atoms. The first kappa shape index (κ1) is 16.5. The second-order valence-electron chi connectivity index (χ2n) is 5.78. The van der Waals surface area contributed by atoms with Gasteiger partial charge in [0.05, 0.1) is 0 Å². The monoisotopic (exact) mass is 299 g/mol. The summed E-state index contributed by atoms with van der Waals surface area (Å²) in [5, 5.41) is 13.0. The molecule has 1 aromatic heterocycles. The van der Waals surface area contributed by atoms with Gasteiger partial charge >= 0.3 is 12.1 Å². The molecule has 1 unspecified atom stereocenters. The summed E-state index contributed by atoms with van der Waals surface area (Å²) in [5.41, 5.74) is -0.0795. The fraction of sp³-hybridized carbons (Fsp3) is 0.571. The zero-order chi connectivity index (χ0) is 15.5. The number of carboxylic acids is 1. The second-order valence-corrected chi connectivity index (χ2v) is 6.56. The minimum atomic E-state index is -1.07. The molecule has 0 aliphatic carbocycles. The van der Waals surface area contributed by atoms with Crippen molar-refractivity contribution in [1.29, 1.82) is 0 Å². The van der Waals surface area contributed by atoms with Crippen molar-refractivity contribution < 1.29 is 19.4 Å². The van der Waals surface area contributed by atoms with E-state index in [0.29, 0.717) is 5.56 Å². The number of rotatable bonds is 4. The third-order valence-electron chi connectivity index (χ3n) is 2.53. The number of thiophene rings is 1. The maximum Gasteiger partial charge on any atom is 0.411 e. The van der Waals surface area contributed by atoms with Crippen LogP contribution in [0.25, 0.3) is 0 Å². The average molecular weight is 299 g/mol. The average Bonchev–Trinajstić information content (AvgIpc) is 2.74. The summed E-state index contributed by atoms with van der Waals surface area (Å²) >= 11 is 1.40. The Kier molecular flexibility index (Phi) is 5.16. The quantitative estimate of drug-likeness (QED) is 0.923. The topological polar surface area (TPSA) is 66.8 Å². The minimum Gasteiger partial charge on any atom is -0.479 e. The van der Waals surface area contributed by atoms with Crippen LogP contribution in [-0.4, -0.2) is 33.7 Å². The first-order valence-electron chi connectivity index (χ1n) is 6.39. The van der Waals surface area contributed by atoms with Crippen molar-refractivity contribution in [2.75, 3.05) is 0 Å². The van der Waals surface area contributed by atoms with Crippen LogP contribution in [0, 0.1) is 0 Å². The van der Waals surface area contributed by atoms with Crippen molar-refractivity contribution in [3.8, 4) is 0 Å². The highest BCUT2D eigenvalue weighted by atomic mass is 32.1. The van der Waals surface area contributed by atoms with E-state index in [1.807, 2.05) is 0 Å². The molecule has 1 atom stereocenters. The summed E-state index contributed by atoms with van der Waals surface area (Å²) < 4.78 is 5.32. The number of nitrogens with zero attached hydrogens (tertiary/aromatic N) is 1. The highest BCUT2D eigenvalue weighted by Crippen LogP contribution is 2.27. The molecule has 5 nitrogen and oxygen atoms in total. The van der Waals surface area contributed by atoms with Crippen molar-refractivity contribution in [2.24, 2.45) is 0 Å². The Hall–Kier alpha value is -1.56. The van der Waals surface area contributed by atoms with Gasteiger partial charge in [0.1, 0.15) is 5.60 Å². The van der Waals surface area contributed by atoms with Crippen molar-refractivity contribution in [3.63, 3.8) is 0 Å². The largest absolute Gasteiger partial charge is 0.479 e. The number of carbonyl (C=O) groups excluding carboxylic acids is 1. The van der Waals surface area contributed by atoms with Gasteiger partial charge in [0, 0.05) is 6.04 Å². The zero-order valence-electron chi connectivity index (χ0n) is 12.4. The lowest BCUT2D eigenvalue weighted by atomic mass is 10.1. The van der Waals surface area contributed by atoms with Gasteiger partial charge in [-0.3, -0.25) is 4.90 Å². The number of aliphatic carboxylic acids is 1. The molecule has 20 heavy (non-hydrogen) atoms. The van der Waals surface area contributed by atoms with E-state index in [9.17, 15) is 14.7 Å². The molecule has 1 amide bonds. The highest BCUT2D eigenvalue weighted by Gasteiger charge is 2.36. The third-order valence-corrected chi connectivity index (χ3v) is 3.23. The zero-order valence-corrected chi connectivity index (χ0v) is 13.2. The Labute approximate surface area is 123 Å². The molecule has 0 aliphatic heterocycles. The summed E-state index contributed by atoms with van der Waals surface area (Å²) in [5.74, 6) is -1.07. The number of ether oxygens (including phenoxy) is 1. The molecule has 1 rings (SSSR count). The lowest BCUT2D eigenvalue weighted by molar-refractivity contribution is -0.144. The van der Waals surface area contributed by atoms with Crippen LogP contribution < -0.4 is 0 Å². The predicted octanol–water partition coefficient (Wildman–Crippen LogP) is 3.52. The van der Waals surface area contributed by atoms with E-state index in [2.05, 4.69) is 0 Å². The van der Waals surface area contributed by atoms with Gasteiger partial charge in [-0.05, 0) is 57.0 Å². The fourth-order valence-corrected chi connectivity index (χ4v) is 2.46. The van der Waals surface area contributed by atoms with E-state index >= 15 is 0 Å². The lowest BCUT2D eigenvalue weighted by Gasteiger charge is -2.34. The van der Waals surface area contributed by atoms with Gasteiger partial charge in [0.2, 0.25) is 0 Å². The molecule has 0 saturated heterocycles. The van der Waals surface area contributed by atoms with E-state index in [4.69, 9.17) is 4.74 Å². The molecule has 1 heterocycles. The predicted molar refractivity (Wildman–Crippen MR) is 77.9 cm³/mol. The van der Waals surface area contributed by atoms with E-state index in [1.54, 1.807) is 51.4 Å². The maximum absolute atomic E-state index is 12.3. The smallest absolute Gasteiger partial charge is 0.411 e. The number of hydrogen-bond donors (Lipinski definition) is 1. The lowest BCUT2D eigenvalue weighted by Crippen LogP contribution is -2.45. The number of amides is 1. The summed E-state index contributed by atoms with van der Waals surface area (Å²) in [7, 11) is 0. The second kappa shape index (κ2) is 6.26. The Morgan fingerprint density at radius 3 is 2.30 bits per heavy atom. The molecule has 1 aromatic rings. The molecule has 0 aromatic carbocycles. The van der Waals surface area contributed by atoms with Crippen LogP contribution in [0.5, 0.6) is 0 Å². The summed E-state index contributed by atoms with van der Waals surface area (Å²) in [6.07, 6.45) is -0.619. The first-order valence-corrected chi connectivity index (χ1v) is 7.34. The number of carboxylic acid groups (broad SMARTS) is 1. The van der Waals surface area contributed by atoms with Crippen LogP contribution in [0.15, 0.2) is 16.8 Å². The van der Waals surface area contributed by atoms with Crippen LogP contribution in [0.1, 0.15) is 46.2 Å². The van der Waals surface area contributed by atoms with Crippen molar-refractivity contribution in [2.45, 2.75) is 52.3 Å². The molecule has 0 radical (unpaired) electrons. The molecule has 0 saturated carbocycles. The summed E-state index contributed by atoms with van der Waals surface area (Å²) in [6.45, 7) is 8.80. The van der Waals surface area contributed by atoms with Crippen LogP contribution >= 0.6 is 11.3 Å². The van der Waals surface area contributed by atoms with Crippen LogP contribution in [-0.2, 0) is 9.53 Å². The van der Waals surface area contributed by atoms with Gasteiger partial charge in [-0.25, -0.2) is 9.59 Å². The van der Waals surface area contributed by atoms with Crippen molar-refractivity contribution in [1.82, 2.24) is 4.90 Å². The van der Waals surface area contributed by atoms with Gasteiger partial charge in [-0.2, -0.15) is 11.3 Å².